The lowest BCUT2D eigenvalue weighted by atomic mass is 10.3. The second kappa shape index (κ2) is 5.59. The van der Waals surface area contributed by atoms with Crippen molar-refractivity contribution < 1.29 is 4.74 Å². The average Bonchev–Trinajstić information content (AvgIpc) is 2.17. The normalized spacial score (nSPS) is 9.93. The van der Waals surface area contributed by atoms with Crippen LogP contribution in [0.15, 0.2) is 0 Å². The van der Waals surface area contributed by atoms with Gasteiger partial charge in [-0.2, -0.15) is 15.0 Å². The SMILES string of the molecule is CCCCNc1nc(Cl)nc(OC)n1. The van der Waals surface area contributed by atoms with E-state index in [0.29, 0.717) is 5.95 Å². The molecule has 1 rings (SSSR count). The summed E-state index contributed by atoms with van der Waals surface area (Å²) in [6, 6.07) is 0.226. The Morgan fingerprint density at radius 3 is 2.79 bits per heavy atom. The minimum Gasteiger partial charge on any atom is -0.467 e. The van der Waals surface area contributed by atoms with Crippen molar-refractivity contribution in [2.75, 3.05) is 19.0 Å². The molecule has 1 heterocycles. The summed E-state index contributed by atoms with van der Waals surface area (Å²) in [6.45, 7) is 2.93. The second-order valence-electron chi connectivity index (χ2n) is 2.70. The van der Waals surface area contributed by atoms with Crippen molar-refractivity contribution >= 4 is 17.5 Å². The largest absolute Gasteiger partial charge is 0.467 e. The molecule has 0 spiro atoms. The Hall–Kier alpha value is -1.10. The number of unbranched alkanes of at least 4 members (excludes halogenated alkanes) is 1. The Morgan fingerprint density at radius 1 is 1.36 bits per heavy atom. The van der Waals surface area contributed by atoms with Gasteiger partial charge in [-0.3, -0.25) is 0 Å². The number of hydrogen-bond acceptors (Lipinski definition) is 5. The smallest absolute Gasteiger partial charge is 0.322 e. The van der Waals surface area contributed by atoms with Crippen LogP contribution in [0.25, 0.3) is 0 Å². The highest BCUT2D eigenvalue weighted by Gasteiger charge is 2.03. The van der Waals surface area contributed by atoms with Crippen LogP contribution < -0.4 is 10.1 Å². The van der Waals surface area contributed by atoms with Crippen molar-refractivity contribution in [2.24, 2.45) is 0 Å². The molecular weight excluding hydrogens is 204 g/mol. The van der Waals surface area contributed by atoms with Gasteiger partial charge in [-0.05, 0) is 18.0 Å². The number of nitrogens with one attached hydrogen (secondary N) is 1. The number of methoxy groups -OCH3 is 1. The van der Waals surface area contributed by atoms with Gasteiger partial charge in [0, 0.05) is 6.54 Å². The van der Waals surface area contributed by atoms with E-state index in [9.17, 15) is 0 Å². The van der Waals surface area contributed by atoms with Crippen LogP contribution >= 0.6 is 11.6 Å². The molecule has 0 radical (unpaired) electrons. The van der Waals surface area contributed by atoms with Crippen LogP contribution in [0.4, 0.5) is 5.95 Å². The van der Waals surface area contributed by atoms with Gasteiger partial charge in [-0.25, -0.2) is 0 Å². The first kappa shape index (κ1) is 11.0. The predicted octanol–water partition coefficient (Wildman–Crippen LogP) is 1.75. The van der Waals surface area contributed by atoms with E-state index < -0.39 is 0 Å². The molecule has 0 bridgehead atoms. The van der Waals surface area contributed by atoms with Crippen LogP contribution in [0.2, 0.25) is 5.28 Å². The zero-order chi connectivity index (χ0) is 10.4. The first-order chi connectivity index (χ1) is 6.76. The lowest BCUT2D eigenvalue weighted by Crippen LogP contribution is -2.07. The molecule has 6 heteroatoms. The molecular formula is C8H13ClN4O. The Morgan fingerprint density at radius 2 is 2.14 bits per heavy atom. The molecule has 78 valence electrons. The molecule has 0 aliphatic rings. The highest BCUT2D eigenvalue weighted by atomic mass is 35.5. The third kappa shape index (κ3) is 3.33. The summed E-state index contributed by atoms with van der Waals surface area (Å²) in [5, 5.41) is 3.17. The van der Waals surface area contributed by atoms with Gasteiger partial charge in [0.15, 0.2) is 0 Å². The minimum absolute atomic E-state index is 0.135. The third-order valence-electron chi connectivity index (χ3n) is 1.58. The van der Waals surface area contributed by atoms with Gasteiger partial charge in [0.1, 0.15) is 0 Å². The van der Waals surface area contributed by atoms with Crippen molar-refractivity contribution in [1.29, 1.82) is 0 Å². The molecule has 1 aromatic rings. The summed E-state index contributed by atoms with van der Waals surface area (Å²) in [6.07, 6.45) is 2.18. The molecule has 0 aliphatic carbocycles. The summed E-state index contributed by atoms with van der Waals surface area (Å²) in [5.41, 5.74) is 0. The van der Waals surface area contributed by atoms with Gasteiger partial charge in [0.2, 0.25) is 11.2 Å². The maximum absolute atomic E-state index is 5.66. The van der Waals surface area contributed by atoms with E-state index in [2.05, 4.69) is 27.2 Å². The highest BCUT2D eigenvalue weighted by Crippen LogP contribution is 2.10. The number of ether oxygens (including phenoxy) is 1. The molecule has 5 nitrogen and oxygen atoms in total. The number of rotatable bonds is 5. The Bertz CT molecular complexity index is 295. The minimum atomic E-state index is 0.135. The summed E-state index contributed by atoms with van der Waals surface area (Å²) in [4.78, 5) is 11.7. The van der Waals surface area contributed by atoms with E-state index >= 15 is 0 Å². The molecule has 0 saturated carbocycles. The standard InChI is InChI=1S/C8H13ClN4O/c1-3-4-5-10-7-11-6(9)12-8(13-7)14-2/h3-5H2,1-2H3,(H,10,11,12,13). The quantitative estimate of drug-likeness (QED) is 0.760. The zero-order valence-electron chi connectivity index (χ0n) is 8.25. The van der Waals surface area contributed by atoms with Crippen LogP contribution in [0.5, 0.6) is 6.01 Å². The van der Waals surface area contributed by atoms with Crippen LogP contribution in [-0.2, 0) is 0 Å². The fraction of sp³-hybridized carbons (Fsp3) is 0.625. The zero-order valence-corrected chi connectivity index (χ0v) is 9.01. The van der Waals surface area contributed by atoms with Crippen LogP contribution in [-0.4, -0.2) is 28.6 Å². The number of halogens is 1. The van der Waals surface area contributed by atoms with Gasteiger partial charge >= 0.3 is 6.01 Å². The van der Waals surface area contributed by atoms with Gasteiger partial charge < -0.3 is 10.1 Å². The van der Waals surface area contributed by atoms with Crippen LogP contribution in [0, 0.1) is 0 Å². The molecule has 0 amide bonds. The molecule has 1 aromatic heterocycles. The lowest BCUT2D eigenvalue weighted by molar-refractivity contribution is 0.379. The molecule has 0 saturated heterocycles. The fourth-order valence-corrected chi connectivity index (χ4v) is 1.03. The van der Waals surface area contributed by atoms with E-state index in [1.807, 2.05) is 0 Å². The van der Waals surface area contributed by atoms with Crippen molar-refractivity contribution in [1.82, 2.24) is 15.0 Å². The third-order valence-corrected chi connectivity index (χ3v) is 1.75. The molecule has 0 aromatic carbocycles. The molecule has 14 heavy (non-hydrogen) atoms. The van der Waals surface area contributed by atoms with Crippen molar-refractivity contribution in [3.05, 3.63) is 5.28 Å². The topological polar surface area (TPSA) is 59.9 Å². The maximum Gasteiger partial charge on any atom is 0.322 e. The van der Waals surface area contributed by atoms with Gasteiger partial charge in [-0.1, -0.05) is 13.3 Å². The predicted molar refractivity (Wildman–Crippen MR) is 54.8 cm³/mol. The van der Waals surface area contributed by atoms with Crippen molar-refractivity contribution in [3.63, 3.8) is 0 Å². The molecule has 1 N–H and O–H groups in total. The van der Waals surface area contributed by atoms with Gasteiger partial charge in [0.05, 0.1) is 7.11 Å². The fourth-order valence-electron chi connectivity index (χ4n) is 0.879. The number of aromatic nitrogens is 3. The summed E-state index contributed by atoms with van der Waals surface area (Å²) >= 11 is 5.66. The summed E-state index contributed by atoms with van der Waals surface area (Å²) in [5.74, 6) is 0.454. The van der Waals surface area contributed by atoms with Gasteiger partial charge in [-0.15, -0.1) is 0 Å². The average molecular weight is 217 g/mol. The number of anilines is 1. The number of hydrogen-bond donors (Lipinski definition) is 1. The van der Waals surface area contributed by atoms with Crippen LogP contribution in [0.3, 0.4) is 0 Å². The molecule has 0 atom stereocenters. The van der Waals surface area contributed by atoms with E-state index in [4.69, 9.17) is 16.3 Å². The summed E-state index contributed by atoms with van der Waals surface area (Å²) < 4.78 is 4.86. The van der Waals surface area contributed by atoms with Crippen molar-refractivity contribution in [2.45, 2.75) is 19.8 Å². The van der Waals surface area contributed by atoms with Crippen molar-refractivity contribution in [3.8, 4) is 6.01 Å². The van der Waals surface area contributed by atoms with E-state index in [0.717, 1.165) is 19.4 Å². The monoisotopic (exact) mass is 216 g/mol. The first-order valence-corrected chi connectivity index (χ1v) is 4.83. The first-order valence-electron chi connectivity index (χ1n) is 4.45. The molecule has 0 unspecified atom stereocenters. The maximum atomic E-state index is 5.66. The molecule has 0 aliphatic heterocycles. The Balaban J connectivity index is 2.62. The highest BCUT2D eigenvalue weighted by molar-refractivity contribution is 6.28. The van der Waals surface area contributed by atoms with E-state index in [1.54, 1.807) is 0 Å². The molecule has 0 fully saturated rings. The Labute approximate surface area is 87.9 Å². The number of nitrogens with zero attached hydrogens (tertiary/aromatic N) is 3. The van der Waals surface area contributed by atoms with Crippen LogP contribution in [0.1, 0.15) is 19.8 Å². The second-order valence-corrected chi connectivity index (χ2v) is 3.03. The van der Waals surface area contributed by atoms with Gasteiger partial charge in [0.25, 0.3) is 0 Å². The summed E-state index contributed by atoms with van der Waals surface area (Å²) in [7, 11) is 1.49. The Kier molecular flexibility index (Phi) is 4.39. The van der Waals surface area contributed by atoms with E-state index in [1.165, 1.54) is 7.11 Å². The van der Waals surface area contributed by atoms with E-state index in [-0.39, 0.29) is 11.3 Å². The lowest BCUT2D eigenvalue weighted by Gasteiger charge is -2.04.